The number of ether oxygens (including phenoxy) is 3. The zero-order valence-electron chi connectivity index (χ0n) is 16.0. The molecule has 0 aliphatic carbocycles. The molecule has 0 aliphatic heterocycles. The highest BCUT2D eigenvalue weighted by molar-refractivity contribution is 5.69. The number of benzene rings is 3. The van der Waals surface area contributed by atoms with Crippen LogP contribution in [0.1, 0.15) is 23.1 Å². The van der Waals surface area contributed by atoms with Crippen LogP contribution >= 0.6 is 0 Å². The van der Waals surface area contributed by atoms with Crippen LogP contribution in [0.5, 0.6) is 11.5 Å². The van der Waals surface area contributed by atoms with E-state index < -0.39 is 0 Å². The maximum Gasteiger partial charge on any atom is 0.305 e. The van der Waals surface area contributed by atoms with E-state index in [0.29, 0.717) is 26.1 Å². The second-order valence-corrected chi connectivity index (χ2v) is 6.43. The van der Waals surface area contributed by atoms with Crippen LogP contribution in [0.4, 0.5) is 0 Å². The van der Waals surface area contributed by atoms with E-state index in [4.69, 9.17) is 9.47 Å². The lowest BCUT2D eigenvalue weighted by Crippen LogP contribution is -2.02. The van der Waals surface area contributed by atoms with Gasteiger partial charge in [-0.1, -0.05) is 54.6 Å². The van der Waals surface area contributed by atoms with E-state index in [1.807, 2.05) is 78.9 Å². The van der Waals surface area contributed by atoms with Crippen molar-refractivity contribution in [2.45, 2.75) is 26.1 Å². The van der Waals surface area contributed by atoms with Crippen LogP contribution in [0.3, 0.4) is 0 Å². The maximum atomic E-state index is 11.2. The van der Waals surface area contributed by atoms with Crippen molar-refractivity contribution >= 4 is 5.97 Å². The van der Waals surface area contributed by atoms with Gasteiger partial charge in [-0.3, -0.25) is 4.79 Å². The van der Waals surface area contributed by atoms with Gasteiger partial charge >= 0.3 is 5.97 Å². The summed E-state index contributed by atoms with van der Waals surface area (Å²) >= 11 is 0. The number of aryl methyl sites for hydroxylation is 1. The van der Waals surface area contributed by atoms with E-state index in [0.717, 1.165) is 28.2 Å². The zero-order chi connectivity index (χ0) is 19.6. The predicted octanol–water partition coefficient (Wildman–Crippen LogP) is 4.95. The van der Waals surface area contributed by atoms with Crippen molar-refractivity contribution in [3.05, 3.63) is 95.6 Å². The summed E-state index contributed by atoms with van der Waals surface area (Å²) in [7, 11) is 1.40. The van der Waals surface area contributed by atoms with Gasteiger partial charge in [0.2, 0.25) is 0 Å². The normalized spacial score (nSPS) is 10.3. The van der Waals surface area contributed by atoms with Crippen LogP contribution in [-0.2, 0) is 29.2 Å². The first-order valence-electron chi connectivity index (χ1n) is 9.27. The van der Waals surface area contributed by atoms with Crippen LogP contribution < -0.4 is 9.47 Å². The first-order chi connectivity index (χ1) is 13.7. The molecule has 0 unspecified atom stereocenters. The monoisotopic (exact) mass is 376 g/mol. The van der Waals surface area contributed by atoms with E-state index in [1.165, 1.54) is 7.11 Å². The molecular weight excluding hydrogens is 352 g/mol. The molecule has 0 radical (unpaired) electrons. The van der Waals surface area contributed by atoms with Gasteiger partial charge in [-0.05, 0) is 47.4 Å². The Balaban J connectivity index is 1.44. The zero-order valence-corrected chi connectivity index (χ0v) is 16.0. The van der Waals surface area contributed by atoms with Crippen LogP contribution in [0.2, 0.25) is 0 Å². The summed E-state index contributed by atoms with van der Waals surface area (Å²) in [4.78, 5) is 11.2. The minimum Gasteiger partial charge on any atom is -0.489 e. The third kappa shape index (κ3) is 6.16. The molecule has 0 N–H and O–H groups in total. The summed E-state index contributed by atoms with van der Waals surface area (Å²) in [6.45, 7) is 1.04. The standard InChI is InChI=1S/C24H24O4/c1-26-24(25)16-11-19-7-12-22(13-8-19)28-18-21-9-14-23(15-10-21)27-17-20-5-3-2-4-6-20/h2-10,12-15H,11,16-18H2,1H3. The molecule has 0 atom stereocenters. The summed E-state index contributed by atoms with van der Waals surface area (Å²) in [5.41, 5.74) is 3.30. The Hall–Kier alpha value is -3.27. The Labute approximate surface area is 165 Å². The summed E-state index contributed by atoms with van der Waals surface area (Å²) in [5, 5.41) is 0. The Morgan fingerprint density at radius 3 is 1.71 bits per heavy atom. The van der Waals surface area contributed by atoms with Crippen molar-refractivity contribution < 1.29 is 19.0 Å². The molecule has 144 valence electrons. The van der Waals surface area contributed by atoms with Gasteiger partial charge in [-0.25, -0.2) is 0 Å². The number of hydrogen-bond donors (Lipinski definition) is 0. The average molecular weight is 376 g/mol. The van der Waals surface area contributed by atoms with Gasteiger partial charge in [0.1, 0.15) is 24.7 Å². The molecule has 0 bridgehead atoms. The van der Waals surface area contributed by atoms with Gasteiger partial charge in [-0.2, -0.15) is 0 Å². The third-order valence-corrected chi connectivity index (χ3v) is 4.35. The minimum absolute atomic E-state index is 0.198. The van der Waals surface area contributed by atoms with E-state index in [-0.39, 0.29) is 5.97 Å². The average Bonchev–Trinajstić information content (AvgIpc) is 2.76. The van der Waals surface area contributed by atoms with Gasteiger partial charge < -0.3 is 14.2 Å². The summed E-state index contributed by atoms with van der Waals surface area (Å²) in [5.74, 6) is 1.44. The third-order valence-electron chi connectivity index (χ3n) is 4.35. The van der Waals surface area contributed by atoms with Crippen molar-refractivity contribution in [1.82, 2.24) is 0 Å². The highest BCUT2D eigenvalue weighted by Crippen LogP contribution is 2.18. The topological polar surface area (TPSA) is 44.8 Å². The molecule has 3 rings (SSSR count). The van der Waals surface area contributed by atoms with E-state index >= 15 is 0 Å². The molecule has 28 heavy (non-hydrogen) atoms. The number of esters is 1. The van der Waals surface area contributed by atoms with Gasteiger partial charge in [0.15, 0.2) is 0 Å². The Morgan fingerprint density at radius 1 is 0.679 bits per heavy atom. The molecule has 4 nitrogen and oxygen atoms in total. The molecule has 0 fully saturated rings. The number of rotatable bonds is 9. The minimum atomic E-state index is -0.198. The molecule has 0 amide bonds. The van der Waals surface area contributed by atoms with Crippen molar-refractivity contribution in [3.63, 3.8) is 0 Å². The van der Waals surface area contributed by atoms with Gasteiger partial charge in [0.25, 0.3) is 0 Å². The molecular formula is C24H24O4. The molecule has 3 aromatic carbocycles. The van der Waals surface area contributed by atoms with Crippen LogP contribution in [0.15, 0.2) is 78.9 Å². The fourth-order valence-corrected chi connectivity index (χ4v) is 2.69. The number of carbonyl (C=O) groups is 1. The fourth-order valence-electron chi connectivity index (χ4n) is 2.69. The van der Waals surface area contributed by atoms with E-state index in [9.17, 15) is 4.79 Å². The van der Waals surface area contributed by atoms with Gasteiger partial charge in [-0.15, -0.1) is 0 Å². The summed E-state index contributed by atoms with van der Waals surface area (Å²) in [6.07, 6.45) is 1.05. The maximum absolute atomic E-state index is 11.2. The molecule has 0 saturated heterocycles. The smallest absolute Gasteiger partial charge is 0.305 e. The largest absolute Gasteiger partial charge is 0.489 e. The Bertz CT molecular complexity index is 855. The molecule has 0 spiro atoms. The van der Waals surface area contributed by atoms with Gasteiger partial charge in [0, 0.05) is 6.42 Å². The summed E-state index contributed by atoms with van der Waals surface area (Å²) in [6, 6.07) is 25.8. The quantitative estimate of drug-likeness (QED) is 0.496. The highest BCUT2D eigenvalue weighted by atomic mass is 16.5. The van der Waals surface area contributed by atoms with Crippen LogP contribution in [0, 0.1) is 0 Å². The lowest BCUT2D eigenvalue weighted by molar-refractivity contribution is -0.140. The molecule has 0 saturated carbocycles. The van der Waals surface area contributed by atoms with E-state index in [2.05, 4.69) is 4.74 Å². The molecule has 0 aromatic heterocycles. The second-order valence-electron chi connectivity index (χ2n) is 6.43. The molecule has 3 aromatic rings. The lowest BCUT2D eigenvalue weighted by atomic mass is 10.1. The summed E-state index contributed by atoms with van der Waals surface area (Å²) < 4.78 is 16.3. The first-order valence-corrected chi connectivity index (χ1v) is 9.27. The molecule has 0 heterocycles. The lowest BCUT2D eigenvalue weighted by Gasteiger charge is -2.09. The second kappa shape index (κ2) is 10.2. The van der Waals surface area contributed by atoms with E-state index in [1.54, 1.807) is 0 Å². The van der Waals surface area contributed by atoms with Crippen molar-refractivity contribution in [3.8, 4) is 11.5 Å². The Morgan fingerprint density at radius 2 is 1.18 bits per heavy atom. The first kappa shape index (κ1) is 19.5. The highest BCUT2D eigenvalue weighted by Gasteiger charge is 2.03. The van der Waals surface area contributed by atoms with Crippen molar-refractivity contribution in [2.75, 3.05) is 7.11 Å². The van der Waals surface area contributed by atoms with Crippen LogP contribution in [-0.4, -0.2) is 13.1 Å². The van der Waals surface area contributed by atoms with Crippen LogP contribution in [0.25, 0.3) is 0 Å². The predicted molar refractivity (Wildman–Crippen MR) is 108 cm³/mol. The number of carbonyl (C=O) groups excluding carboxylic acids is 1. The number of hydrogen-bond acceptors (Lipinski definition) is 4. The van der Waals surface area contributed by atoms with Crippen molar-refractivity contribution in [1.29, 1.82) is 0 Å². The molecule has 4 heteroatoms. The number of methoxy groups -OCH3 is 1. The van der Waals surface area contributed by atoms with Crippen molar-refractivity contribution in [2.24, 2.45) is 0 Å². The van der Waals surface area contributed by atoms with Gasteiger partial charge in [0.05, 0.1) is 7.11 Å². The fraction of sp³-hybridized carbons (Fsp3) is 0.208. The SMILES string of the molecule is COC(=O)CCc1ccc(OCc2ccc(OCc3ccccc3)cc2)cc1. The molecule has 0 aliphatic rings. The Kier molecular flexibility index (Phi) is 7.08.